The molecule has 0 fully saturated rings. The van der Waals surface area contributed by atoms with Gasteiger partial charge in [0.05, 0.1) is 0 Å². The van der Waals surface area contributed by atoms with E-state index in [1.54, 1.807) is 0 Å². The van der Waals surface area contributed by atoms with Crippen LogP contribution in [0.25, 0.3) is 0 Å². The molecule has 0 saturated carbocycles. The first kappa shape index (κ1) is 9.53. The summed E-state index contributed by atoms with van der Waals surface area (Å²) in [7, 11) is 0.281. The van der Waals surface area contributed by atoms with Gasteiger partial charge < -0.3 is 0 Å². The van der Waals surface area contributed by atoms with E-state index in [4.69, 9.17) is 0 Å². The van der Waals surface area contributed by atoms with Crippen LogP contribution >= 0.6 is 0 Å². The summed E-state index contributed by atoms with van der Waals surface area (Å²) in [6.07, 6.45) is 4.36. The quantitative estimate of drug-likeness (QED) is 0.419. The topological polar surface area (TPSA) is 17.1 Å². The molecule has 1 aliphatic rings. The average Bonchev–Trinajstić information content (AvgIpc) is 2.72. The van der Waals surface area contributed by atoms with Gasteiger partial charge in [0.15, 0.2) is 5.75 Å². The molecule has 1 aromatic rings. The van der Waals surface area contributed by atoms with Crippen LogP contribution in [0.4, 0.5) is 0 Å². The van der Waals surface area contributed by atoms with E-state index >= 15 is 0 Å². The zero-order valence-corrected chi connectivity index (χ0v) is 8.80. The summed E-state index contributed by atoms with van der Waals surface area (Å²) in [4.78, 5) is 11.8. The van der Waals surface area contributed by atoms with E-state index < -0.39 is 0 Å². The van der Waals surface area contributed by atoms with Crippen LogP contribution in [0.2, 0.25) is 0 Å². The van der Waals surface area contributed by atoms with Crippen LogP contribution in [0.1, 0.15) is 10.4 Å². The Morgan fingerprint density at radius 1 is 1.14 bits per heavy atom. The summed E-state index contributed by atoms with van der Waals surface area (Å²) < 4.78 is 0. The number of carbonyl (C=O) groups is 1. The second-order valence-corrected chi connectivity index (χ2v) is 5.53. The van der Waals surface area contributed by atoms with Crippen molar-refractivity contribution in [1.82, 2.24) is 0 Å². The number of hydrogen-bond acceptors (Lipinski definition) is 1. The van der Waals surface area contributed by atoms with E-state index in [2.05, 4.69) is 12.2 Å². The van der Waals surface area contributed by atoms with E-state index in [9.17, 15) is 4.79 Å². The van der Waals surface area contributed by atoms with E-state index in [1.807, 2.05) is 30.3 Å². The van der Waals surface area contributed by atoms with Gasteiger partial charge in [-0.3, -0.25) is 4.79 Å². The van der Waals surface area contributed by atoms with Crippen LogP contribution in [-0.4, -0.2) is 23.0 Å². The number of hydrogen-bond donors (Lipinski definition) is 0. The molecule has 2 rings (SSSR count). The summed E-state index contributed by atoms with van der Waals surface area (Å²) in [6, 6.07) is 9.58. The molecule has 1 aromatic carbocycles. The Morgan fingerprint density at radius 3 is 2.43 bits per heavy atom. The van der Waals surface area contributed by atoms with Gasteiger partial charge in [-0.2, -0.15) is 0 Å². The monoisotopic (exact) mass is 205 g/mol. The van der Waals surface area contributed by atoms with E-state index in [0.29, 0.717) is 0 Å². The Morgan fingerprint density at radius 2 is 1.79 bits per heavy atom. The van der Waals surface area contributed by atoms with Crippen molar-refractivity contribution in [2.75, 3.05) is 17.3 Å². The molecule has 2 heteroatoms. The number of Topliss-reactive ketones (excluding diaryl/α,β-unsaturated/α-hetero) is 1. The van der Waals surface area contributed by atoms with Crippen molar-refractivity contribution in [1.29, 1.82) is 0 Å². The van der Waals surface area contributed by atoms with Gasteiger partial charge in [0, 0.05) is 16.5 Å². The predicted molar refractivity (Wildman–Crippen MR) is 61.9 cm³/mol. The van der Waals surface area contributed by atoms with Crippen molar-refractivity contribution in [3.8, 4) is 0 Å². The van der Waals surface area contributed by atoms with Crippen LogP contribution in [0, 0.1) is 0 Å². The summed E-state index contributed by atoms with van der Waals surface area (Å²) in [5, 5.41) is 0. The molecule has 1 aliphatic heterocycles. The molecular weight excluding hydrogens is 192 g/mol. The second kappa shape index (κ2) is 4.47. The molecule has 1 nitrogen and oxygen atoms in total. The van der Waals surface area contributed by atoms with E-state index in [-0.39, 0.29) is 16.7 Å². The smallest absolute Gasteiger partial charge is 0.211 e. The molecule has 0 unspecified atom stereocenters. The van der Waals surface area contributed by atoms with Crippen molar-refractivity contribution in [2.24, 2.45) is 0 Å². The van der Waals surface area contributed by atoms with Crippen molar-refractivity contribution in [2.45, 2.75) is 0 Å². The molecule has 0 aromatic heterocycles. The van der Waals surface area contributed by atoms with Gasteiger partial charge in [-0.05, 0) is 12.2 Å². The molecule has 0 spiro atoms. The van der Waals surface area contributed by atoms with Crippen LogP contribution in [0.5, 0.6) is 0 Å². The normalized spacial score (nSPS) is 16.0. The third kappa shape index (κ3) is 2.26. The fourth-order valence-electron chi connectivity index (χ4n) is 1.49. The van der Waals surface area contributed by atoms with Crippen molar-refractivity contribution < 1.29 is 4.79 Å². The fraction of sp³-hybridized carbons (Fsp3) is 0.250. The number of benzene rings is 1. The number of carbonyl (C=O) groups excluding carboxylic acids is 1. The lowest BCUT2D eigenvalue weighted by molar-refractivity contribution is 0.102. The maximum Gasteiger partial charge on any atom is 0.211 e. The molecule has 0 saturated heterocycles. The third-order valence-electron chi connectivity index (χ3n) is 2.26. The fourth-order valence-corrected chi connectivity index (χ4v) is 3.21. The minimum Gasteiger partial charge on any atom is -0.289 e. The molecular formula is C12H13OS+. The van der Waals surface area contributed by atoms with Gasteiger partial charge in [0.25, 0.3) is 0 Å². The second-order valence-electron chi connectivity index (χ2n) is 3.35. The zero-order chi connectivity index (χ0) is 9.80. The third-order valence-corrected chi connectivity index (χ3v) is 4.26. The summed E-state index contributed by atoms with van der Waals surface area (Å²) >= 11 is 0. The van der Waals surface area contributed by atoms with Crippen LogP contribution < -0.4 is 0 Å². The highest BCUT2D eigenvalue weighted by molar-refractivity contribution is 7.98. The van der Waals surface area contributed by atoms with Crippen LogP contribution in [-0.2, 0) is 10.9 Å². The molecule has 0 N–H and O–H groups in total. The lowest BCUT2D eigenvalue weighted by Crippen LogP contribution is -2.18. The van der Waals surface area contributed by atoms with Gasteiger partial charge in [0.1, 0.15) is 11.5 Å². The highest BCUT2D eigenvalue weighted by Crippen LogP contribution is 2.09. The highest BCUT2D eigenvalue weighted by Gasteiger charge is 2.23. The molecule has 0 radical (unpaired) electrons. The largest absolute Gasteiger partial charge is 0.289 e. The zero-order valence-electron chi connectivity index (χ0n) is 7.98. The van der Waals surface area contributed by atoms with Gasteiger partial charge >= 0.3 is 0 Å². The average molecular weight is 205 g/mol. The number of rotatable bonds is 3. The molecule has 0 bridgehead atoms. The molecule has 14 heavy (non-hydrogen) atoms. The van der Waals surface area contributed by atoms with Crippen molar-refractivity contribution in [3.05, 3.63) is 48.0 Å². The maximum atomic E-state index is 11.8. The van der Waals surface area contributed by atoms with E-state index in [1.165, 1.54) is 0 Å². The first-order valence-corrected chi connectivity index (χ1v) is 6.47. The SMILES string of the molecule is O=C(C[S+]1CC=CC1)c1ccccc1. The highest BCUT2D eigenvalue weighted by atomic mass is 32.2. The molecule has 0 aliphatic carbocycles. The Hall–Kier alpha value is -1.02. The maximum absolute atomic E-state index is 11.8. The van der Waals surface area contributed by atoms with Crippen molar-refractivity contribution >= 4 is 16.7 Å². The number of ketones is 1. The van der Waals surface area contributed by atoms with Crippen LogP contribution in [0.3, 0.4) is 0 Å². The van der Waals surface area contributed by atoms with Gasteiger partial charge in [0.2, 0.25) is 5.78 Å². The molecule has 1 heterocycles. The Kier molecular flexibility index (Phi) is 3.04. The molecule has 72 valence electrons. The van der Waals surface area contributed by atoms with Crippen molar-refractivity contribution in [3.63, 3.8) is 0 Å². The van der Waals surface area contributed by atoms with Gasteiger partial charge in [-0.25, -0.2) is 0 Å². The first-order chi connectivity index (χ1) is 6.86. The Balaban J connectivity index is 1.96. The lowest BCUT2D eigenvalue weighted by atomic mass is 10.2. The van der Waals surface area contributed by atoms with Crippen LogP contribution in [0.15, 0.2) is 42.5 Å². The summed E-state index contributed by atoms with van der Waals surface area (Å²) in [6.45, 7) is 0. The summed E-state index contributed by atoms with van der Waals surface area (Å²) in [5.74, 6) is 3.20. The standard InChI is InChI=1S/C12H13OS/c13-12(10-14-8-4-5-9-14)11-6-2-1-3-7-11/h1-7H,8-10H2/q+1. The minimum atomic E-state index is 0.281. The Labute approximate surface area is 87.2 Å². The summed E-state index contributed by atoms with van der Waals surface area (Å²) in [5.41, 5.74) is 0.854. The molecule has 0 atom stereocenters. The van der Waals surface area contributed by atoms with E-state index in [0.717, 1.165) is 22.8 Å². The Bertz CT molecular complexity index is 335. The minimum absolute atomic E-state index is 0.281. The predicted octanol–water partition coefficient (Wildman–Crippen LogP) is 2.06. The molecule has 0 amide bonds. The first-order valence-electron chi connectivity index (χ1n) is 4.73. The lowest BCUT2D eigenvalue weighted by Gasteiger charge is -2.00. The van der Waals surface area contributed by atoms with Gasteiger partial charge in [-0.1, -0.05) is 30.3 Å². The van der Waals surface area contributed by atoms with Gasteiger partial charge in [-0.15, -0.1) is 0 Å².